The summed E-state index contributed by atoms with van der Waals surface area (Å²) in [5.41, 5.74) is 2.47. The van der Waals surface area contributed by atoms with Crippen molar-refractivity contribution < 1.29 is 14.3 Å². The molecular weight excluding hydrogens is 638 g/mol. The summed E-state index contributed by atoms with van der Waals surface area (Å²) in [6.45, 7) is 23.8. The van der Waals surface area contributed by atoms with Crippen molar-refractivity contribution in [1.82, 2.24) is 25.4 Å². The highest BCUT2D eigenvalue weighted by molar-refractivity contribution is 5.99. The third-order valence-electron chi connectivity index (χ3n) is 9.26. The minimum absolute atomic E-state index is 0. The summed E-state index contributed by atoms with van der Waals surface area (Å²) in [4.78, 5) is 42.3. The van der Waals surface area contributed by atoms with Crippen LogP contribution in [0.1, 0.15) is 116 Å². The number of piperidine rings is 1. The van der Waals surface area contributed by atoms with Gasteiger partial charge in [-0.25, -0.2) is 9.78 Å². The number of piperazine rings is 1. The Bertz CT molecular complexity index is 1540. The molecule has 1 unspecified atom stereocenters. The van der Waals surface area contributed by atoms with Crippen LogP contribution in [-0.4, -0.2) is 102 Å². The van der Waals surface area contributed by atoms with Crippen molar-refractivity contribution in [3.63, 3.8) is 0 Å². The second-order valence-electron chi connectivity index (χ2n) is 14.6. The molecule has 0 aliphatic carbocycles. The molecule has 280 valence electrons. The molecule has 2 saturated heterocycles. The molecule has 1 aromatic carbocycles. The van der Waals surface area contributed by atoms with E-state index in [0.717, 1.165) is 94.3 Å². The van der Waals surface area contributed by atoms with Crippen LogP contribution in [0.3, 0.4) is 0 Å². The second kappa shape index (κ2) is 18.4. The highest BCUT2D eigenvalue weighted by atomic mass is 16.6. The zero-order chi connectivity index (χ0) is 36.5. The van der Waals surface area contributed by atoms with Gasteiger partial charge in [0.1, 0.15) is 17.3 Å². The maximum Gasteiger partial charge on any atom is 0.408 e. The van der Waals surface area contributed by atoms with Gasteiger partial charge < -0.3 is 25.2 Å². The molecular formula is C41H63N7O3. The largest absolute Gasteiger partial charge is 0.444 e. The molecule has 0 bridgehead atoms. The van der Waals surface area contributed by atoms with E-state index in [9.17, 15) is 9.59 Å². The summed E-state index contributed by atoms with van der Waals surface area (Å²) in [5, 5.41) is 6.17. The van der Waals surface area contributed by atoms with Gasteiger partial charge in [-0.2, -0.15) is 0 Å². The van der Waals surface area contributed by atoms with Gasteiger partial charge in [0, 0.05) is 74.2 Å². The molecule has 0 saturated carbocycles. The minimum Gasteiger partial charge on any atom is -0.444 e. The van der Waals surface area contributed by atoms with Gasteiger partial charge in [-0.3, -0.25) is 14.7 Å². The van der Waals surface area contributed by atoms with E-state index in [0.29, 0.717) is 17.6 Å². The number of nitrogens with one attached hydrogen (secondary N) is 2. The molecule has 1 atom stereocenters. The van der Waals surface area contributed by atoms with Crippen molar-refractivity contribution in [2.45, 2.75) is 119 Å². The van der Waals surface area contributed by atoms with Crippen LogP contribution in [0.4, 0.5) is 10.6 Å². The fourth-order valence-corrected chi connectivity index (χ4v) is 6.77. The van der Waals surface area contributed by atoms with Gasteiger partial charge in [-0.15, -0.1) is 0 Å². The quantitative estimate of drug-likeness (QED) is 0.317. The summed E-state index contributed by atoms with van der Waals surface area (Å²) in [6, 6.07) is 10.6. The maximum absolute atomic E-state index is 13.4. The number of hydrogen-bond donors (Lipinski definition) is 2. The van der Waals surface area contributed by atoms with Crippen LogP contribution >= 0.6 is 0 Å². The number of carbonyl (C=O) groups excluding carboxylic acids is 2. The standard InChI is InChI=1S/C38H53N7O3.C2H6.CH4/c1-8-28-24-30(33-39-18-19-40-33)25-41-34(28)44-22-23-45(31(9-2)26-44)32-15-20-43(21-16-32)35(46)29-12-10-27(11-13-29)14-17-38(6,7)42-36(47)48-37(3,4)5;1-2;/h10-13,24-25,31-32H,8-9,15-16,18-23,26H2,1-7H3,(H,39,40)(H,42,47);1-2H3;1H4. The van der Waals surface area contributed by atoms with Gasteiger partial charge in [0.05, 0.1) is 12.1 Å². The van der Waals surface area contributed by atoms with Gasteiger partial charge in [-0.1, -0.05) is 47.0 Å². The van der Waals surface area contributed by atoms with Crippen molar-refractivity contribution in [3.05, 3.63) is 58.8 Å². The molecule has 1 aromatic heterocycles. The molecule has 10 nitrogen and oxygen atoms in total. The zero-order valence-electron chi connectivity index (χ0n) is 31.9. The number of carbonyl (C=O) groups is 2. The fourth-order valence-electron chi connectivity index (χ4n) is 6.77. The third kappa shape index (κ3) is 11.2. The number of aliphatic imine (C=N–C) groups is 1. The van der Waals surface area contributed by atoms with E-state index < -0.39 is 17.2 Å². The molecule has 4 heterocycles. The van der Waals surface area contributed by atoms with Crippen LogP contribution in [-0.2, 0) is 11.2 Å². The number of amides is 2. The number of likely N-dealkylation sites (tertiary alicyclic amines) is 1. The number of alkyl carbamates (subject to hydrolysis) is 1. The average Bonchev–Trinajstić information content (AvgIpc) is 3.65. The molecule has 3 aliphatic rings. The first-order chi connectivity index (χ1) is 23.9. The summed E-state index contributed by atoms with van der Waals surface area (Å²) < 4.78 is 5.35. The summed E-state index contributed by atoms with van der Waals surface area (Å²) in [6.07, 6.45) is 5.45. The van der Waals surface area contributed by atoms with Crippen LogP contribution in [0.25, 0.3) is 0 Å². The molecule has 0 radical (unpaired) electrons. The van der Waals surface area contributed by atoms with E-state index >= 15 is 0 Å². The van der Waals surface area contributed by atoms with Gasteiger partial charge in [-0.05, 0) is 96.2 Å². The topological polar surface area (TPSA) is 102 Å². The van der Waals surface area contributed by atoms with Gasteiger partial charge in [0.15, 0.2) is 0 Å². The molecule has 2 N–H and O–H groups in total. The monoisotopic (exact) mass is 701 g/mol. The lowest BCUT2D eigenvalue weighted by atomic mass is 9.97. The summed E-state index contributed by atoms with van der Waals surface area (Å²) in [5.74, 6) is 8.36. The molecule has 2 amide bonds. The Kier molecular flexibility index (Phi) is 14.9. The highest BCUT2D eigenvalue weighted by Gasteiger charge is 2.35. The number of aromatic nitrogens is 1. The van der Waals surface area contributed by atoms with Crippen molar-refractivity contribution >= 4 is 23.7 Å². The molecule has 5 rings (SSSR count). The first-order valence-electron chi connectivity index (χ1n) is 18.6. The predicted octanol–water partition coefficient (Wildman–Crippen LogP) is 6.52. The first-order valence-corrected chi connectivity index (χ1v) is 18.6. The van der Waals surface area contributed by atoms with Crippen LogP contribution in [0.2, 0.25) is 0 Å². The zero-order valence-corrected chi connectivity index (χ0v) is 31.9. The Morgan fingerprint density at radius 1 is 1.02 bits per heavy atom. The van der Waals surface area contributed by atoms with E-state index in [-0.39, 0.29) is 13.3 Å². The number of anilines is 1. The smallest absolute Gasteiger partial charge is 0.408 e. The normalized spacial score (nSPS) is 18.2. The van der Waals surface area contributed by atoms with Crippen molar-refractivity contribution in [1.29, 1.82) is 0 Å². The van der Waals surface area contributed by atoms with E-state index in [4.69, 9.17) is 9.72 Å². The van der Waals surface area contributed by atoms with E-state index in [1.54, 1.807) is 0 Å². The number of rotatable bonds is 7. The van der Waals surface area contributed by atoms with E-state index in [1.165, 1.54) is 5.56 Å². The fraction of sp³-hybridized carbons (Fsp3) is 0.610. The average molecular weight is 702 g/mol. The van der Waals surface area contributed by atoms with Gasteiger partial charge in [0.25, 0.3) is 5.91 Å². The number of ether oxygens (including phenoxy) is 1. The van der Waals surface area contributed by atoms with Crippen LogP contribution in [0.15, 0.2) is 41.5 Å². The number of amidine groups is 1. The summed E-state index contributed by atoms with van der Waals surface area (Å²) in [7, 11) is 0. The second-order valence-corrected chi connectivity index (χ2v) is 14.6. The number of aryl methyl sites for hydroxylation is 1. The Balaban J connectivity index is 0.00000230. The lowest BCUT2D eigenvalue weighted by molar-refractivity contribution is 0.0484. The van der Waals surface area contributed by atoms with Crippen LogP contribution in [0.5, 0.6) is 0 Å². The Labute approximate surface area is 307 Å². The molecule has 10 heteroatoms. The van der Waals surface area contributed by atoms with Crippen molar-refractivity contribution in [2.24, 2.45) is 4.99 Å². The minimum atomic E-state index is -0.770. The lowest BCUT2D eigenvalue weighted by Crippen LogP contribution is -2.59. The Hall–Kier alpha value is -4.10. The highest BCUT2D eigenvalue weighted by Crippen LogP contribution is 2.28. The van der Waals surface area contributed by atoms with E-state index in [1.807, 2.05) is 83.8 Å². The van der Waals surface area contributed by atoms with Crippen LogP contribution < -0.4 is 15.5 Å². The molecule has 3 aliphatic heterocycles. The predicted molar refractivity (Wildman–Crippen MR) is 210 cm³/mol. The Morgan fingerprint density at radius 3 is 2.29 bits per heavy atom. The molecule has 51 heavy (non-hydrogen) atoms. The maximum atomic E-state index is 13.4. The molecule has 0 spiro atoms. The first kappa shape index (κ1) is 41.3. The number of pyridine rings is 1. The SMILES string of the molecule is C.CC.CCc1cc(C2=NCCN2)cnc1N1CCN(C2CCN(C(=O)c3ccc(C#CC(C)(C)NC(=O)OC(C)(C)C)cc3)CC2)C(CC)C1. The van der Waals surface area contributed by atoms with Crippen molar-refractivity contribution in [2.75, 3.05) is 50.7 Å². The van der Waals surface area contributed by atoms with Gasteiger partial charge >= 0.3 is 6.09 Å². The van der Waals surface area contributed by atoms with E-state index in [2.05, 4.69) is 57.2 Å². The number of hydrogen-bond acceptors (Lipinski definition) is 8. The third-order valence-corrected chi connectivity index (χ3v) is 9.26. The Morgan fingerprint density at radius 2 is 1.71 bits per heavy atom. The van der Waals surface area contributed by atoms with Gasteiger partial charge in [0.2, 0.25) is 0 Å². The number of benzene rings is 1. The van der Waals surface area contributed by atoms with Crippen molar-refractivity contribution in [3.8, 4) is 11.8 Å². The number of nitrogens with zero attached hydrogens (tertiary/aromatic N) is 5. The van der Waals surface area contributed by atoms with Crippen LogP contribution in [0, 0.1) is 11.8 Å². The molecule has 2 aromatic rings. The lowest BCUT2D eigenvalue weighted by Gasteiger charge is -2.48. The molecule has 2 fully saturated rings. The summed E-state index contributed by atoms with van der Waals surface area (Å²) >= 11 is 0.